The minimum absolute atomic E-state index is 0.520. The van der Waals surface area contributed by atoms with Gasteiger partial charge in [0.15, 0.2) is 0 Å². The van der Waals surface area contributed by atoms with Crippen LogP contribution >= 0.6 is 0 Å². The molecule has 0 bridgehead atoms. The van der Waals surface area contributed by atoms with E-state index in [0.717, 1.165) is 6.42 Å². The largest absolute Gasteiger partial charge is 0.159 e. The van der Waals surface area contributed by atoms with E-state index in [1.54, 1.807) is 6.20 Å². The summed E-state index contributed by atoms with van der Waals surface area (Å²) in [7, 11) is 0. The summed E-state index contributed by atoms with van der Waals surface area (Å²) in [4.78, 5) is 0. The molecule has 0 aliphatic rings. The summed E-state index contributed by atoms with van der Waals surface area (Å²) in [5, 5.41) is 8.17. The highest BCUT2D eigenvalue weighted by atomic mass is 15.1. The average Bonchev–Trinajstić information content (AvgIpc) is 2.16. The molecule has 0 amide bonds. The van der Waals surface area contributed by atoms with Gasteiger partial charge in [-0.15, -0.1) is 0 Å². The van der Waals surface area contributed by atoms with E-state index in [2.05, 4.69) is 44.0 Å². The molecular formula is C11H18N2. The van der Waals surface area contributed by atoms with E-state index in [1.807, 2.05) is 0 Å². The first-order valence-electron chi connectivity index (χ1n) is 4.98. The molecule has 1 atom stereocenters. The minimum atomic E-state index is 0.520. The Hall–Kier alpha value is -0.920. The second-order valence-corrected chi connectivity index (χ2v) is 3.84. The second kappa shape index (κ2) is 4.35. The molecule has 1 aromatic rings. The van der Waals surface area contributed by atoms with Crippen LogP contribution in [0, 0.1) is 0 Å². The molecule has 72 valence electrons. The van der Waals surface area contributed by atoms with Gasteiger partial charge in [-0.05, 0) is 24.0 Å². The molecule has 0 fully saturated rings. The summed E-state index contributed by atoms with van der Waals surface area (Å²) in [6, 6.07) is 2.08. The Morgan fingerprint density at radius 3 is 2.54 bits per heavy atom. The Morgan fingerprint density at radius 1 is 1.31 bits per heavy atom. The minimum Gasteiger partial charge on any atom is -0.159 e. The first-order chi connectivity index (χ1) is 6.16. The monoisotopic (exact) mass is 178 g/mol. The van der Waals surface area contributed by atoms with Crippen molar-refractivity contribution in [2.45, 2.75) is 46.0 Å². The Labute approximate surface area is 80.4 Å². The van der Waals surface area contributed by atoms with E-state index < -0.39 is 0 Å². The van der Waals surface area contributed by atoms with Crippen LogP contribution in [0.1, 0.15) is 57.2 Å². The normalized spacial score (nSPS) is 13.3. The van der Waals surface area contributed by atoms with Crippen LogP contribution in [0.5, 0.6) is 0 Å². The maximum absolute atomic E-state index is 4.22. The molecule has 0 N–H and O–H groups in total. The Bertz CT molecular complexity index is 269. The third-order valence-corrected chi connectivity index (χ3v) is 2.48. The Morgan fingerprint density at radius 2 is 2.00 bits per heavy atom. The van der Waals surface area contributed by atoms with E-state index >= 15 is 0 Å². The van der Waals surface area contributed by atoms with Crippen molar-refractivity contribution in [1.29, 1.82) is 0 Å². The lowest BCUT2D eigenvalue weighted by molar-refractivity contribution is 0.663. The second-order valence-electron chi connectivity index (χ2n) is 3.84. The topological polar surface area (TPSA) is 25.8 Å². The van der Waals surface area contributed by atoms with Crippen LogP contribution in [0.15, 0.2) is 12.3 Å². The molecular weight excluding hydrogens is 160 g/mol. The highest BCUT2D eigenvalue weighted by molar-refractivity contribution is 5.23. The quantitative estimate of drug-likeness (QED) is 0.710. The molecule has 2 heteroatoms. The zero-order chi connectivity index (χ0) is 9.84. The Balaban J connectivity index is 3.04. The van der Waals surface area contributed by atoms with Crippen molar-refractivity contribution in [3.63, 3.8) is 0 Å². The first-order valence-corrected chi connectivity index (χ1v) is 4.98. The van der Waals surface area contributed by atoms with Crippen molar-refractivity contribution in [2.24, 2.45) is 0 Å². The molecule has 1 unspecified atom stereocenters. The van der Waals surface area contributed by atoms with E-state index in [0.29, 0.717) is 11.8 Å². The molecule has 0 saturated heterocycles. The van der Waals surface area contributed by atoms with Crippen LogP contribution in [0.3, 0.4) is 0 Å². The van der Waals surface area contributed by atoms with Crippen LogP contribution in [0.25, 0.3) is 0 Å². The molecule has 0 aliphatic carbocycles. The summed E-state index contributed by atoms with van der Waals surface area (Å²) >= 11 is 0. The van der Waals surface area contributed by atoms with Crippen molar-refractivity contribution in [3.05, 3.63) is 23.5 Å². The lowest BCUT2D eigenvalue weighted by atomic mass is 9.94. The molecule has 13 heavy (non-hydrogen) atoms. The molecule has 0 aliphatic heterocycles. The molecule has 2 nitrogen and oxygen atoms in total. The first kappa shape index (κ1) is 10.2. The standard InChI is InChI=1S/C11H18N2/c1-5-9(4)11-10(8(2)3)6-7-12-13-11/h6-9H,5H2,1-4H3. The van der Waals surface area contributed by atoms with Crippen LogP contribution in [-0.2, 0) is 0 Å². The molecule has 1 aromatic heterocycles. The fourth-order valence-corrected chi connectivity index (χ4v) is 1.42. The number of aromatic nitrogens is 2. The van der Waals surface area contributed by atoms with Crippen LogP contribution in [0.2, 0.25) is 0 Å². The summed E-state index contributed by atoms with van der Waals surface area (Å²) in [6.45, 7) is 8.78. The smallest absolute Gasteiger partial charge is 0.0693 e. The highest BCUT2D eigenvalue weighted by Gasteiger charge is 2.12. The zero-order valence-corrected chi connectivity index (χ0v) is 8.91. The molecule has 0 spiro atoms. The lowest BCUT2D eigenvalue weighted by Gasteiger charge is -2.14. The van der Waals surface area contributed by atoms with Crippen molar-refractivity contribution >= 4 is 0 Å². The van der Waals surface area contributed by atoms with Gasteiger partial charge in [0.1, 0.15) is 0 Å². The van der Waals surface area contributed by atoms with Gasteiger partial charge in [-0.25, -0.2) is 0 Å². The SMILES string of the molecule is CCC(C)c1nnccc1C(C)C. The van der Waals surface area contributed by atoms with Gasteiger partial charge in [-0.1, -0.05) is 27.7 Å². The van der Waals surface area contributed by atoms with Gasteiger partial charge in [0.05, 0.1) is 5.69 Å². The van der Waals surface area contributed by atoms with E-state index in [4.69, 9.17) is 0 Å². The highest BCUT2D eigenvalue weighted by Crippen LogP contribution is 2.24. The number of nitrogens with zero attached hydrogens (tertiary/aromatic N) is 2. The maximum Gasteiger partial charge on any atom is 0.0693 e. The molecule has 0 radical (unpaired) electrons. The van der Waals surface area contributed by atoms with Gasteiger partial charge in [-0.3, -0.25) is 0 Å². The third-order valence-electron chi connectivity index (χ3n) is 2.48. The molecule has 0 saturated carbocycles. The molecule has 1 rings (SSSR count). The van der Waals surface area contributed by atoms with Gasteiger partial charge in [0, 0.05) is 12.1 Å². The van der Waals surface area contributed by atoms with Crippen molar-refractivity contribution in [3.8, 4) is 0 Å². The van der Waals surface area contributed by atoms with Crippen molar-refractivity contribution in [1.82, 2.24) is 10.2 Å². The van der Waals surface area contributed by atoms with Gasteiger partial charge in [-0.2, -0.15) is 10.2 Å². The third kappa shape index (κ3) is 2.27. The van der Waals surface area contributed by atoms with Crippen LogP contribution in [-0.4, -0.2) is 10.2 Å². The fourth-order valence-electron chi connectivity index (χ4n) is 1.42. The van der Waals surface area contributed by atoms with E-state index in [9.17, 15) is 0 Å². The number of rotatable bonds is 3. The predicted molar refractivity (Wildman–Crippen MR) is 54.8 cm³/mol. The summed E-state index contributed by atoms with van der Waals surface area (Å²) in [5.41, 5.74) is 2.50. The van der Waals surface area contributed by atoms with Gasteiger partial charge < -0.3 is 0 Å². The van der Waals surface area contributed by atoms with Crippen molar-refractivity contribution in [2.75, 3.05) is 0 Å². The lowest BCUT2D eigenvalue weighted by Crippen LogP contribution is -2.04. The van der Waals surface area contributed by atoms with E-state index in [-0.39, 0.29) is 0 Å². The van der Waals surface area contributed by atoms with Crippen molar-refractivity contribution < 1.29 is 0 Å². The van der Waals surface area contributed by atoms with Crippen LogP contribution < -0.4 is 0 Å². The van der Waals surface area contributed by atoms with Gasteiger partial charge in [0.2, 0.25) is 0 Å². The number of hydrogen-bond acceptors (Lipinski definition) is 2. The molecule has 1 heterocycles. The average molecular weight is 178 g/mol. The van der Waals surface area contributed by atoms with E-state index in [1.165, 1.54) is 11.3 Å². The van der Waals surface area contributed by atoms with Crippen LogP contribution in [0.4, 0.5) is 0 Å². The zero-order valence-electron chi connectivity index (χ0n) is 8.91. The maximum atomic E-state index is 4.22. The summed E-state index contributed by atoms with van der Waals surface area (Å²) in [5.74, 6) is 1.06. The number of hydrogen-bond donors (Lipinski definition) is 0. The molecule has 0 aromatic carbocycles. The fraction of sp³-hybridized carbons (Fsp3) is 0.636. The summed E-state index contributed by atoms with van der Waals surface area (Å²) < 4.78 is 0. The summed E-state index contributed by atoms with van der Waals surface area (Å²) in [6.07, 6.45) is 2.90. The Kier molecular flexibility index (Phi) is 3.40. The van der Waals surface area contributed by atoms with Gasteiger partial charge in [0.25, 0.3) is 0 Å². The predicted octanol–water partition coefficient (Wildman–Crippen LogP) is 3.11. The van der Waals surface area contributed by atoms with Gasteiger partial charge >= 0.3 is 0 Å².